The summed E-state index contributed by atoms with van der Waals surface area (Å²) in [5.41, 5.74) is 1.09. The van der Waals surface area contributed by atoms with Crippen LogP contribution >= 0.6 is 11.6 Å². The zero-order valence-electron chi connectivity index (χ0n) is 15.3. The number of hydrogen-bond donors (Lipinski definition) is 0. The van der Waals surface area contributed by atoms with Gasteiger partial charge in [0.15, 0.2) is 6.10 Å². The summed E-state index contributed by atoms with van der Waals surface area (Å²) in [6.45, 7) is 0.694. The summed E-state index contributed by atoms with van der Waals surface area (Å²) in [6.07, 6.45) is -0.334. The summed E-state index contributed by atoms with van der Waals surface area (Å²) in [7, 11) is 3.04. The van der Waals surface area contributed by atoms with Crippen LogP contribution in [0.25, 0.3) is 0 Å². The van der Waals surface area contributed by atoms with Gasteiger partial charge in [-0.15, -0.1) is 0 Å². The van der Waals surface area contributed by atoms with Crippen LogP contribution in [0.1, 0.15) is 15.9 Å². The van der Waals surface area contributed by atoms with Crippen molar-refractivity contribution in [2.75, 3.05) is 27.3 Å². The summed E-state index contributed by atoms with van der Waals surface area (Å²) in [6, 6.07) is 9.50. The Balaban J connectivity index is 1.58. The highest BCUT2D eigenvalue weighted by Crippen LogP contribution is 2.35. The molecule has 2 aromatic carbocycles. The Bertz CT molecular complexity index is 945. The molecule has 6 nitrogen and oxygen atoms in total. The van der Waals surface area contributed by atoms with Gasteiger partial charge in [-0.3, -0.25) is 4.79 Å². The largest absolute Gasteiger partial charge is 0.497 e. The minimum Gasteiger partial charge on any atom is -0.497 e. The number of carbonyl (C=O) groups excluding carboxylic acids is 1. The number of fused-ring (bicyclic) bond motifs is 1. The molecule has 0 aliphatic carbocycles. The average Bonchev–Trinajstić information content (AvgIpc) is 3.28. The zero-order valence-corrected chi connectivity index (χ0v) is 16.1. The van der Waals surface area contributed by atoms with E-state index in [9.17, 15) is 9.18 Å². The lowest BCUT2D eigenvalue weighted by Gasteiger charge is -2.19. The maximum absolute atomic E-state index is 14.3. The molecule has 2 aliphatic heterocycles. The molecule has 1 saturated heterocycles. The van der Waals surface area contributed by atoms with Gasteiger partial charge in [0.2, 0.25) is 0 Å². The molecule has 146 valence electrons. The van der Waals surface area contributed by atoms with Crippen molar-refractivity contribution in [1.82, 2.24) is 4.90 Å². The van der Waals surface area contributed by atoms with Gasteiger partial charge in [0, 0.05) is 12.6 Å². The molecule has 2 aromatic rings. The van der Waals surface area contributed by atoms with E-state index < -0.39 is 5.82 Å². The number of benzene rings is 2. The van der Waals surface area contributed by atoms with Crippen molar-refractivity contribution >= 4 is 23.2 Å². The number of amides is 1. The molecular weight excluding hydrogens is 387 g/mol. The predicted octanol–water partition coefficient (Wildman–Crippen LogP) is 3.37. The second-order valence-electron chi connectivity index (χ2n) is 6.60. The van der Waals surface area contributed by atoms with E-state index in [-0.39, 0.29) is 28.5 Å². The van der Waals surface area contributed by atoms with Crippen LogP contribution in [-0.4, -0.2) is 49.9 Å². The lowest BCUT2D eigenvalue weighted by molar-refractivity contribution is 0.0629. The van der Waals surface area contributed by atoms with E-state index in [4.69, 9.17) is 25.9 Å². The molecule has 0 bridgehead atoms. The molecular formula is C20H18ClFN2O4. The number of hydrogen-bond acceptors (Lipinski definition) is 5. The van der Waals surface area contributed by atoms with Gasteiger partial charge in [0.1, 0.15) is 23.0 Å². The third-order valence-electron chi connectivity index (χ3n) is 5.05. The average molecular weight is 405 g/mol. The Morgan fingerprint density at radius 1 is 1.25 bits per heavy atom. The zero-order chi connectivity index (χ0) is 19.8. The molecule has 0 radical (unpaired) electrons. The molecule has 8 heteroatoms. The van der Waals surface area contributed by atoms with E-state index >= 15 is 0 Å². The second kappa shape index (κ2) is 7.31. The quantitative estimate of drug-likeness (QED) is 0.784. The van der Waals surface area contributed by atoms with Crippen molar-refractivity contribution in [3.05, 3.63) is 58.4 Å². The third-order valence-corrected chi connectivity index (χ3v) is 5.36. The summed E-state index contributed by atoms with van der Waals surface area (Å²) in [5, 5.41) is 4.32. The number of rotatable bonds is 4. The topological polar surface area (TPSA) is 60.4 Å². The van der Waals surface area contributed by atoms with Crippen molar-refractivity contribution in [3.63, 3.8) is 0 Å². The predicted molar refractivity (Wildman–Crippen MR) is 102 cm³/mol. The number of oxime groups is 1. The van der Waals surface area contributed by atoms with Crippen LogP contribution in [0.15, 0.2) is 41.6 Å². The van der Waals surface area contributed by atoms with Crippen molar-refractivity contribution < 1.29 is 23.5 Å². The molecule has 0 aromatic heterocycles. The van der Waals surface area contributed by atoms with Gasteiger partial charge in [0.05, 0.1) is 42.8 Å². The van der Waals surface area contributed by atoms with Gasteiger partial charge in [0.25, 0.3) is 5.91 Å². The van der Waals surface area contributed by atoms with Crippen LogP contribution < -0.4 is 9.47 Å². The second-order valence-corrected chi connectivity index (χ2v) is 7.01. The molecule has 28 heavy (non-hydrogen) atoms. The Kier molecular flexibility index (Phi) is 4.85. The van der Waals surface area contributed by atoms with Gasteiger partial charge in [-0.1, -0.05) is 22.8 Å². The summed E-state index contributed by atoms with van der Waals surface area (Å²) in [5.74, 6) is 0.114. The first-order valence-electron chi connectivity index (χ1n) is 8.73. The van der Waals surface area contributed by atoms with Crippen LogP contribution in [0, 0.1) is 11.7 Å². The highest BCUT2D eigenvalue weighted by Gasteiger charge is 2.45. The Morgan fingerprint density at radius 2 is 2.07 bits per heavy atom. The SMILES string of the molecule is COc1ccc(C(=O)N2CC3ON=C(c4c(F)cccc4Cl)C3C2)c(OC)c1. The molecule has 1 amide bonds. The fourth-order valence-electron chi connectivity index (χ4n) is 3.62. The number of likely N-dealkylation sites (tertiary alicyclic amines) is 1. The molecule has 2 unspecified atom stereocenters. The van der Waals surface area contributed by atoms with Crippen LogP contribution in [0.5, 0.6) is 11.5 Å². The standard InChI is InChI=1S/C20H18ClFN2O4/c1-26-11-6-7-12(16(8-11)27-2)20(25)24-9-13-17(10-24)28-23-19(13)18-14(21)4-3-5-15(18)22/h3-8,13,17H,9-10H2,1-2H3. The smallest absolute Gasteiger partial charge is 0.257 e. The van der Waals surface area contributed by atoms with E-state index in [1.165, 1.54) is 19.2 Å². The first kappa shape index (κ1) is 18.6. The maximum atomic E-state index is 14.3. The number of ether oxygens (including phenoxy) is 2. The van der Waals surface area contributed by atoms with E-state index in [0.717, 1.165) is 0 Å². The first-order chi connectivity index (χ1) is 13.5. The lowest BCUT2D eigenvalue weighted by atomic mass is 9.94. The Hall–Kier alpha value is -2.80. The van der Waals surface area contributed by atoms with Crippen LogP contribution in [0.4, 0.5) is 4.39 Å². The Labute approximate surface area is 166 Å². The minimum absolute atomic E-state index is 0.198. The van der Waals surface area contributed by atoms with Crippen molar-refractivity contribution in [2.45, 2.75) is 6.10 Å². The first-order valence-corrected chi connectivity index (χ1v) is 9.10. The number of carbonyl (C=O) groups is 1. The van der Waals surface area contributed by atoms with Gasteiger partial charge in [-0.05, 0) is 24.3 Å². The van der Waals surface area contributed by atoms with Crippen molar-refractivity contribution in [3.8, 4) is 11.5 Å². The highest BCUT2D eigenvalue weighted by atomic mass is 35.5. The van der Waals surface area contributed by atoms with E-state index in [1.807, 2.05) is 0 Å². The van der Waals surface area contributed by atoms with E-state index in [0.29, 0.717) is 35.9 Å². The number of halogens is 2. The molecule has 2 heterocycles. The summed E-state index contributed by atoms with van der Waals surface area (Å²) >= 11 is 6.18. The number of methoxy groups -OCH3 is 2. The van der Waals surface area contributed by atoms with Crippen LogP contribution in [0.3, 0.4) is 0 Å². The molecule has 1 fully saturated rings. The monoisotopic (exact) mass is 404 g/mol. The molecule has 4 rings (SSSR count). The molecule has 0 spiro atoms. The van der Waals surface area contributed by atoms with Crippen molar-refractivity contribution in [2.24, 2.45) is 11.1 Å². The van der Waals surface area contributed by atoms with E-state index in [1.54, 1.807) is 36.3 Å². The third kappa shape index (κ3) is 3.05. The maximum Gasteiger partial charge on any atom is 0.257 e. The molecule has 0 saturated carbocycles. The summed E-state index contributed by atoms with van der Waals surface area (Å²) < 4.78 is 24.8. The molecule has 0 N–H and O–H groups in total. The lowest BCUT2D eigenvalue weighted by Crippen LogP contribution is -2.31. The highest BCUT2D eigenvalue weighted by molar-refractivity contribution is 6.34. The molecule has 2 atom stereocenters. The van der Waals surface area contributed by atoms with Gasteiger partial charge in [-0.25, -0.2) is 4.39 Å². The number of nitrogens with zero attached hydrogens (tertiary/aromatic N) is 2. The molecule has 2 aliphatic rings. The fraction of sp³-hybridized carbons (Fsp3) is 0.300. The van der Waals surface area contributed by atoms with E-state index in [2.05, 4.69) is 5.16 Å². The van der Waals surface area contributed by atoms with Crippen LogP contribution in [0.2, 0.25) is 5.02 Å². The fourth-order valence-corrected chi connectivity index (χ4v) is 3.88. The van der Waals surface area contributed by atoms with Crippen LogP contribution in [-0.2, 0) is 4.84 Å². The Morgan fingerprint density at radius 3 is 2.79 bits per heavy atom. The summed E-state index contributed by atoms with van der Waals surface area (Å²) in [4.78, 5) is 20.2. The minimum atomic E-state index is -0.461. The van der Waals surface area contributed by atoms with Gasteiger partial charge < -0.3 is 19.2 Å². The normalized spacial score (nSPS) is 20.4. The van der Waals surface area contributed by atoms with Gasteiger partial charge >= 0.3 is 0 Å². The van der Waals surface area contributed by atoms with Gasteiger partial charge in [-0.2, -0.15) is 0 Å². The van der Waals surface area contributed by atoms with Crippen molar-refractivity contribution in [1.29, 1.82) is 0 Å².